The van der Waals surface area contributed by atoms with Gasteiger partial charge in [0.25, 0.3) is 5.91 Å². The summed E-state index contributed by atoms with van der Waals surface area (Å²) >= 11 is 5.62. The molecule has 2 nitrogen and oxygen atoms in total. The van der Waals surface area contributed by atoms with Gasteiger partial charge in [0.05, 0.1) is 0 Å². The van der Waals surface area contributed by atoms with E-state index >= 15 is 0 Å². The van der Waals surface area contributed by atoms with E-state index in [1.807, 2.05) is 0 Å². The molecule has 2 rings (SSSR count). The van der Waals surface area contributed by atoms with Gasteiger partial charge in [0.15, 0.2) is 17.5 Å². The molecule has 0 radical (unpaired) electrons. The van der Waals surface area contributed by atoms with Crippen LogP contribution in [0.2, 0.25) is 0 Å². The minimum absolute atomic E-state index is 0.303. The Balaban J connectivity index is 2.19. The highest BCUT2D eigenvalue weighted by molar-refractivity contribution is 6.17. The third-order valence-corrected chi connectivity index (χ3v) is 2.92. The molecule has 0 aliphatic rings. The maximum absolute atomic E-state index is 13.0. The van der Waals surface area contributed by atoms with Crippen molar-refractivity contribution in [3.05, 3.63) is 65.0 Å². The molecule has 6 heteroatoms. The molecule has 20 heavy (non-hydrogen) atoms. The number of halogens is 4. The SMILES string of the molecule is O=C(Nc1ccc(CCl)cc1)c1cc(F)c(F)c(F)c1. The van der Waals surface area contributed by atoms with E-state index in [2.05, 4.69) is 5.32 Å². The van der Waals surface area contributed by atoms with Crippen molar-refractivity contribution in [3.63, 3.8) is 0 Å². The summed E-state index contributed by atoms with van der Waals surface area (Å²) in [6, 6.07) is 7.89. The molecule has 0 fully saturated rings. The third-order valence-electron chi connectivity index (χ3n) is 2.61. The van der Waals surface area contributed by atoms with Gasteiger partial charge in [-0.25, -0.2) is 13.2 Å². The summed E-state index contributed by atoms with van der Waals surface area (Å²) in [6.45, 7) is 0. The number of carbonyl (C=O) groups excluding carboxylic acids is 1. The molecular weight excluding hydrogens is 291 g/mol. The Morgan fingerprint density at radius 2 is 1.60 bits per heavy atom. The predicted octanol–water partition coefficient (Wildman–Crippen LogP) is 4.10. The number of amides is 1. The first-order chi connectivity index (χ1) is 9.51. The van der Waals surface area contributed by atoms with Gasteiger partial charge in [-0.3, -0.25) is 4.79 Å². The van der Waals surface area contributed by atoms with Crippen molar-refractivity contribution in [1.29, 1.82) is 0 Å². The highest BCUT2D eigenvalue weighted by atomic mass is 35.5. The van der Waals surface area contributed by atoms with E-state index in [9.17, 15) is 18.0 Å². The van der Waals surface area contributed by atoms with Crippen molar-refractivity contribution in [2.45, 2.75) is 5.88 Å². The zero-order chi connectivity index (χ0) is 14.7. The summed E-state index contributed by atoms with van der Waals surface area (Å²) < 4.78 is 38.8. The molecule has 0 aromatic heterocycles. The number of nitrogens with one attached hydrogen (secondary N) is 1. The van der Waals surface area contributed by atoms with Gasteiger partial charge in [0, 0.05) is 17.1 Å². The minimum atomic E-state index is -1.60. The molecule has 0 unspecified atom stereocenters. The number of rotatable bonds is 3. The Hall–Kier alpha value is -2.01. The maximum Gasteiger partial charge on any atom is 0.255 e. The van der Waals surface area contributed by atoms with Gasteiger partial charge in [0.2, 0.25) is 0 Å². The molecule has 0 saturated carbocycles. The molecule has 104 valence electrons. The van der Waals surface area contributed by atoms with Crippen LogP contribution in [0.1, 0.15) is 15.9 Å². The van der Waals surface area contributed by atoms with Crippen LogP contribution in [0.4, 0.5) is 18.9 Å². The fraction of sp³-hybridized carbons (Fsp3) is 0.0714. The molecule has 0 saturated heterocycles. The van der Waals surface area contributed by atoms with Crippen LogP contribution in [0, 0.1) is 17.5 Å². The van der Waals surface area contributed by atoms with Crippen LogP contribution in [-0.2, 0) is 5.88 Å². The Morgan fingerprint density at radius 1 is 1.05 bits per heavy atom. The van der Waals surface area contributed by atoms with Gasteiger partial charge < -0.3 is 5.32 Å². The Labute approximate surface area is 118 Å². The molecule has 0 heterocycles. The van der Waals surface area contributed by atoms with Crippen LogP contribution in [0.5, 0.6) is 0 Å². The number of benzene rings is 2. The molecular formula is C14H9ClF3NO. The molecule has 2 aromatic carbocycles. The number of anilines is 1. The van der Waals surface area contributed by atoms with Crippen molar-refractivity contribution < 1.29 is 18.0 Å². The first-order valence-corrected chi connectivity index (χ1v) is 6.15. The Morgan fingerprint density at radius 3 is 2.10 bits per heavy atom. The average molecular weight is 300 g/mol. The molecule has 1 N–H and O–H groups in total. The van der Waals surface area contributed by atoms with Crippen molar-refractivity contribution in [1.82, 2.24) is 0 Å². The van der Waals surface area contributed by atoms with Crippen LogP contribution < -0.4 is 5.32 Å². The smallest absolute Gasteiger partial charge is 0.255 e. The second-order valence-corrected chi connectivity index (χ2v) is 4.31. The van der Waals surface area contributed by atoms with Crippen LogP contribution in [0.15, 0.2) is 36.4 Å². The molecule has 2 aromatic rings. The normalized spacial score (nSPS) is 10.4. The summed E-state index contributed by atoms with van der Waals surface area (Å²) in [4.78, 5) is 11.8. The lowest BCUT2D eigenvalue weighted by molar-refractivity contribution is 0.102. The highest BCUT2D eigenvalue weighted by Crippen LogP contribution is 2.16. The fourth-order valence-electron chi connectivity index (χ4n) is 1.57. The second-order valence-electron chi connectivity index (χ2n) is 4.04. The van der Waals surface area contributed by atoms with E-state index in [1.165, 1.54) is 0 Å². The van der Waals surface area contributed by atoms with E-state index in [0.29, 0.717) is 23.7 Å². The van der Waals surface area contributed by atoms with Gasteiger partial charge >= 0.3 is 0 Å². The van der Waals surface area contributed by atoms with Gasteiger partial charge in [-0.05, 0) is 29.8 Å². The first-order valence-electron chi connectivity index (χ1n) is 5.62. The van der Waals surface area contributed by atoms with Crippen molar-refractivity contribution in [3.8, 4) is 0 Å². The number of hydrogen-bond donors (Lipinski definition) is 1. The zero-order valence-electron chi connectivity index (χ0n) is 10.1. The minimum Gasteiger partial charge on any atom is -0.322 e. The number of alkyl halides is 1. The fourth-order valence-corrected chi connectivity index (χ4v) is 1.75. The number of carbonyl (C=O) groups is 1. The molecule has 0 spiro atoms. The van der Waals surface area contributed by atoms with E-state index in [4.69, 9.17) is 11.6 Å². The molecule has 1 amide bonds. The van der Waals surface area contributed by atoms with Crippen LogP contribution in [0.25, 0.3) is 0 Å². The summed E-state index contributed by atoms with van der Waals surface area (Å²) in [5.74, 6) is -4.82. The van der Waals surface area contributed by atoms with E-state index in [1.54, 1.807) is 24.3 Å². The van der Waals surface area contributed by atoms with Crippen LogP contribution >= 0.6 is 11.6 Å². The van der Waals surface area contributed by atoms with Gasteiger partial charge in [-0.1, -0.05) is 12.1 Å². The molecule has 0 aliphatic heterocycles. The maximum atomic E-state index is 13.0. The largest absolute Gasteiger partial charge is 0.322 e. The zero-order valence-corrected chi connectivity index (χ0v) is 10.8. The third kappa shape index (κ3) is 3.11. The summed E-state index contributed by atoms with van der Waals surface area (Å²) in [5.41, 5.74) is 1.00. The Bertz CT molecular complexity index is 620. The summed E-state index contributed by atoms with van der Waals surface area (Å²) in [6.07, 6.45) is 0. The Kier molecular flexibility index (Phi) is 4.29. The quantitative estimate of drug-likeness (QED) is 0.671. The lowest BCUT2D eigenvalue weighted by Crippen LogP contribution is -2.13. The van der Waals surface area contributed by atoms with Gasteiger partial charge in [-0.2, -0.15) is 0 Å². The highest BCUT2D eigenvalue weighted by Gasteiger charge is 2.15. The van der Waals surface area contributed by atoms with Crippen molar-refractivity contribution >= 4 is 23.2 Å². The number of hydrogen-bond acceptors (Lipinski definition) is 1. The standard InChI is InChI=1S/C14H9ClF3NO/c15-7-8-1-3-10(4-2-8)19-14(20)9-5-11(16)13(18)12(17)6-9/h1-6H,7H2,(H,19,20). The lowest BCUT2D eigenvalue weighted by Gasteiger charge is -2.06. The topological polar surface area (TPSA) is 29.1 Å². The van der Waals surface area contributed by atoms with Crippen LogP contribution in [-0.4, -0.2) is 5.91 Å². The molecule has 0 bridgehead atoms. The van der Waals surface area contributed by atoms with Crippen LogP contribution in [0.3, 0.4) is 0 Å². The predicted molar refractivity (Wildman–Crippen MR) is 70.3 cm³/mol. The molecule has 0 atom stereocenters. The summed E-state index contributed by atoms with van der Waals surface area (Å²) in [5, 5.41) is 2.45. The van der Waals surface area contributed by atoms with Crippen molar-refractivity contribution in [2.75, 3.05) is 5.32 Å². The van der Waals surface area contributed by atoms with Crippen molar-refractivity contribution in [2.24, 2.45) is 0 Å². The van der Waals surface area contributed by atoms with Gasteiger partial charge in [-0.15, -0.1) is 11.6 Å². The van der Waals surface area contributed by atoms with Gasteiger partial charge in [0.1, 0.15) is 0 Å². The summed E-state index contributed by atoms with van der Waals surface area (Å²) in [7, 11) is 0. The van der Waals surface area contributed by atoms with E-state index < -0.39 is 23.4 Å². The lowest BCUT2D eigenvalue weighted by atomic mass is 10.1. The monoisotopic (exact) mass is 299 g/mol. The van der Waals surface area contributed by atoms with E-state index in [0.717, 1.165) is 5.56 Å². The molecule has 0 aliphatic carbocycles. The second kappa shape index (κ2) is 5.96. The van der Waals surface area contributed by atoms with E-state index in [-0.39, 0.29) is 5.56 Å². The first kappa shape index (κ1) is 14.4. The average Bonchev–Trinajstić information content (AvgIpc) is 2.45.